The quantitative estimate of drug-likeness (QED) is 0.720. The molecule has 2 aromatic rings. The van der Waals surface area contributed by atoms with E-state index in [0.29, 0.717) is 11.4 Å². The summed E-state index contributed by atoms with van der Waals surface area (Å²) in [6.07, 6.45) is -4.55. The Labute approximate surface area is 164 Å². The molecule has 3 N–H and O–H groups in total. The highest BCUT2D eigenvalue weighted by Crippen LogP contribution is 2.34. The largest absolute Gasteiger partial charge is 0.495 e. The van der Waals surface area contributed by atoms with Gasteiger partial charge in [-0.1, -0.05) is 24.3 Å². The molecule has 6 nitrogen and oxygen atoms in total. The summed E-state index contributed by atoms with van der Waals surface area (Å²) in [7, 11) is 1.45. The zero-order chi connectivity index (χ0) is 21.2. The molecule has 1 aliphatic rings. The van der Waals surface area contributed by atoms with E-state index < -0.39 is 29.7 Å². The lowest BCUT2D eigenvalue weighted by Crippen LogP contribution is -2.46. The van der Waals surface area contributed by atoms with Crippen LogP contribution >= 0.6 is 0 Å². The van der Waals surface area contributed by atoms with Crippen molar-refractivity contribution in [1.82, 2.24) is 10.6 Å². The number of hydrogen-bond acceptors (Lipinski definition) is 3. The summed E-state index contributed by atoms with van der Waals surface area (Å²) in [5, 5.41) is 7.69. The molecule has 9 heteroatoms. The first-order valence-electron chi connectivity index (χ1n) is 8.60. The molecule has 1 unspecified atom stereocenters. The van der Waals surface area contributed by atoms with Gasteiger partial charge in [-0.15, -0.1) is 0 Å². The maximum atomic E-state index is 13.1. The molecule has 0 spiro atoms. The number of halogens is 3. The Kier molecular flexibility index (Phi) is 5.49. The number of benzene rings is 2. The van der Waals surface area contributed by atoms with Crippen LogP contribution in [0.25, 0.3) is 0 Å². The normalized spacial score (nSPS) is 16.7. The number of allylic oxidation sites excluding steroid dienone is 1. The van der Waals surface area contributed by atoms with E-state index in [1.165, 1.54) is 26.2 Å². The van der Waals surface area contributed by atoms with Crippen LogP contribution in [-0.2, 0) is 11.0 Å². The van der Waals surface area contributed by atoms with Gasteiger partial charge in [0.1, 0.15) is 5.75 Å². The topological polar surface area (TPSA) is 79.5 Å². The number of anilines is 1. The van der Waals surface area contributed by atoms with Gasteiger partial charge in [-0.25, -0.2) is 4.79 Å². The monoisotopic (exact) mass is 405 g/mol. The van der Waals surface area contributed by atoms with Crippen LogP contribution in [0.3, 0.4) is 0 Å². The van der Waals surface area contributed by atoms with E-state index in [-0.39, 0.29) is 16.8 Å². The molecule has 0 fully saturated rings. The zero-order valence-electron chi connectivity index (χ0n) is 15.6. The Morgan fingerprint density at radius 1 is 1.14 bits per heavy atom. The molecule has 1 aliphatic heterocycles. The number of carbonyl (C=O) groups excluding carboxylic acids is 2. The molecule has 0 bridgehead atoms. The molecule has 152 valence electrons. The standard InChI is InChI=1S/C20H18F3N3O3/c1-11-16(18(27)25-14-8-3-4-9-15(14)29-2)17(26-19(28)24-11)12-6-5-7-13(10-12)20(21,22)23/h3-10,17H,1-2H3,(H,25,27)(H2,24,26,28). The van der Waals surface area contributed by atoms with Gasteiger partial charge in [0, 0.05) is 5.70 Å². The van der Waals surface area contributed by atoms with E-state index in [2.05, 4.69) is 16.0 Å². The fourth-order valence-electron chi connectivity index (χ4n) is 3.08. The fourth-order valence-corrected chi connectivity index (χ4v) is 3.08. The third-order valence-corrected chi connectivity index (χ3v) is 4.42. The van der Waals surface area contributed by atoms with Crippen molar-refractivity contribution in [1.29, 1.82) is 0 Å². The Balaban J connectivity index is 1.99. The molecule has 2 aromatic carbocycles. The lowest BCUT2D eigenvalue weighted by molar-refractivity contribution is -0.137. The highest BCUT2D eigenvalue weighted by molar-refractivity contribution is 6.07. The Bertz CT molecular complexity index is 986. The molecular weight excluding hydrogens is 387 g/mol. The molecule has 1 atom stereocenters. The van der Waals surface area contributed by atoms with E-state index in [0.717, 1.165) is 12.1 Å². The predicted molar refractivity (Wildman–Crippen MR) is 100 cm³/mol. The van der Waals surface area contributed by atoms with Crippen molar-refractivity contribution in [3.8, 4) is 5.75 Å². The number of para-hydroxylation sites is 2. The Hall–Kier alpha value is -3.49. The minimum atomic E-state index is -4.55. The third-order valence-electron chi connectivity index (χ3n) is 4.42. The van der Waals surface area contributed by atoms with Crippen LogP contribution < -0.4 is 20.7 Å². The second-order valence-electron chi connectivity index (χ2n) is 6.35. The van der Waals surface area contributed by atoms with Crippen molar-refractivity contribution in [3.05, 3.63) is 70.9 Å². The van der Waals surface area contributed by atoms with Gasteiger partial charge in [0.15, 0.2) is 0 Å². The summed E-state index contributed by atoms with van der Waals surface area (Å²) in [4.78, 5) is 24.9. The van der Waals surface area contributed by atoms with E-state index >= 15 is 0 Å². The number of ether oxygens (including phenoxy) is 1. The van der Waals surface area contributed by atoms with Gasteiger partial charge in [0.2, 0.25) is 0 Å². The van der Waals surface area contributed by atoms with Crippen molar-refractivity contribution in [2.45, 2.75) is 19.1 Å². The number of methoxy groups -OCH3 is 1. The third kappa shape index (κ3) is 4.34. The van der Waals surface area contributed by atoms with E-state index in [4.69, 9.17) is 4.74 Å². The fraction of sp³-hybridized carbons (Fsp3) is 0.200. The summed E-state index contributed by atoms with van der Waals surface area (Å²) in [6, 6.07) is 9.55. The maximum Gasteiger partial charge on any atom is 0.416 e. The van der Waals surface area contributed by atoms with Crippen molar-refractivity contribution in [3.63, 3.8) is 0 Å². The number of urea groups is 1. The van der Waals surface area contributed by atoms with Gasteiger partial charge in [0.25, 0.3) is 5.91 Å². The molecule has 0 saturated heterocycles. The van der Waals surface area contributed by atoms with Crippen LogP contribution in [0.15, 0.2) is 59.8 Å². The van der Waals surface area contributed by atoms with Crippen LogP contribution in [0.1, 0.15) is 24.1 Å². The molecule has 0 aromatic heterocycles. The van der Waals surface area contributed by atoms with E-state index in [1.54, 1.807) is 24.3 Å². The van der Waals surface area contributed by atoms with E-state index in [1.807, 2.05) is 0 Å². The van der Waals surface area contributed by atoms with Crippen molar-refractivity contribution in [2.75, 3.05) is 12.4 Å². The molecule has 3 amide bonds. The summed E-state index contributed by atoms with van der Waals surface area (Å²) in [5.74, 6) is -0.163. The smallest absolute Gasteiger partial charge is 0.416 e. The average molecular weight is 405 g/mol. The highest BCUT2D eigenvalue weighted by Gasteiger charge is 2.35. The molecule has 0 aliphatic carbocycles. The van der Waals surface area contributed by atoms with Crippen LogP contribution in [-0.4, -0.2) is 19.0 Å². The molecule has 0 radical (unpaired) electrons. The zero-order valence-corrected chi connectivity index (χ0v) is 15.6. The summed E-state index contributed by atoms with van der Waals surface area (Å²) in [6.45, 7) is 1.51. The summed E-state index contributed by atoms with van der Waals surface area (Å²) >= 11 is 0. The van der Waals surface area contributed by atoms with Crippen LogP contribution in [0, 0.1) is 0 Å². The number of alkyl halides is 3. The van der Waals surface area contributed by atoms with Crippen LogP contribution in [0.2, 0.25) is 0 Å². The first kappa shape index (κ1) is 20.2. The molecule has 29 heavy (non-hydrogen) atoms. The van der Waals surface area contributed by atoms with Crippen LogP contribution in [0.4, 0.5) is 23.7 Å². The first-order chi connectivity index (χ1) is 13.7. The number of carbonyl (C=O) groups is 2. The highest BCUT2D eigenvalue weighted by atomic mass is 19.4. The minimum Gasteiger partial charge on any atom is -0.495 e. The van der Waals surface area contributed by atoms with Gasteiger partial charge in [-0.2, -0.15) is 13.2 Å². The number of amides is 3. The van der Waals surface area contributed by atoms with Gasteiger partial charge >= 0.3 is 12.2 Å². The van der Waals surface area contributed by atoms with E-state index in [9.17, 15) is 22.8 Å². The van der Waals surface area contributed by atoms with Crippen molar-refractivity contribution >= 4 is 17.6 Å². The second-order valence-corrected chi connectivity index (χ2v) is 6.35. The van der Waals surface area contributed by atoms with Gasteiger partial charge in [-0.05, 0) is 36.8 Å². The van der Waals surface area contributed by atoms with Crippen molar-refractivity contribution < 1.29 is 27.5 Å². The molecular formula is C20H18F3N3O3. The van der Waals surface area contributed by atoms with Gasteiger partial charge < -0.3 is 20.7 Å². The Morgan fingerprint density at radius 3 is 2.55 bits per heavy atom. The number of hydrogen-bond donors (Lipinski definition) is 3. The summed E-state index contributed by atoms with van der Waals surface area (Å²) in [5.41, 5.74) is -0.0116. The number of rotatable bonds is 4. The second kappa shape index (κ2) is 7.86. The molecule has 0 saturated carbocycles. The summed E-state index contributed by atoms with van der Waals surface area (Å²) < 4.78 is 44.5. The van der Waals surface area contributed by atoms with Crippen molar-refractivity contribution in [2.24, 2.45) is 0 Å². The number of nitrogens with one attached hydrogen (secondary N) is 3. The minimum absolute atomic E-state index is 0.0924. The average Bonchev–Trinajstić information content (AvgIpc) is 2.67. The Morgan fingerprint density at radius 2 is 1.86 bits per heavy atom. The SMILES string of the molecule is COc1ccccc1NC(=O)C1=C(C)NC(=O)NC1c1cccc(C(F)(F)F)c1. The lowest BCUT2D eigenvalue weighted by atomic mass is 9.93. The lowest BCUT2D eigenvalue weighted by Gasteiger charge is -2.29. The van der Waals surface area contributed by atoms with Gasteiger partial charge in [0.05, 0.1) is 30.0 Å². The molecule has 3 rings (SSSR count). The maximum absolute atomic E-state index is 13.1. The first-order valence-corrected chi connectivity index (χ1v) is 8.60. The van der Waals surface area contributed by atoms with Crippen LogP contribution in [0.5, 0.6) is 5.75 Å². The van der Waals surface area contributed by atoms with Gasteiger partial charge in [-0.3, -0.25) is 4.79 Å². The predicted octanol–water partition coefficient (Wildman–Crippen LogP) is 3.98. The molecule has 1 heterocycles.